The Morgan fingerprint density at radius 1 is 1.03 bits per heavy atom. The molecule has 35 heavy (non-hydrogen) atoms. The number of fused-ring (bicyclic) bond motifs is 3. The van der Waals surface area contributed by atoms with Gasteiger partial charge in [0.05, 0.1) is 0 Å². The van der Waals surface area contributed by atoms with E-state index in [0.717, 1.165) is 12.8 Å². The molecule has 4 rings (SSSR count). The number of nitrogens with one attached hydrogen (secondary N) is 2. The quantitative estimate of drug-likeness (QED) is 0.453. The Bertz CT molecular complexity index is 1020. The van der Waals surface area contributed by atoms with E-state index < -0.39 is 12.1 Å². The van der Waals surface area contributed by atoms with Crippen LogP contribution in [-0.2, 0) is 14.3 Å². The second-order valence-corrected chi connectivity index (χ2v) is 9.66. The molecule has 0 saturated heterocycles. The minimum Gasteiger partial charge on any atom is -0.481 e. The largest absolute Gasteiger partial charge is 0.481 e. The maximum atomic E-state index is 12.6. The Balaban J connectivity index is 1.22. The summed E-state index contributed by atoms with van der Waals surface area (Å²) in [5.41, 5.74) is 4.71. The van der Waals surface area contributed by atoms with Crippen molar-refractivity contribution in [3.8, 4) is 11.1 Å². The fourth-order valence-electron chi connectivity index (χ4n) is 5.43. The van der Waals surface area contributed by atoms with E-state index in [4.69, 9.17) is 9.84 Å². The van der Waals surface area contributed by atoms with Crippen molar-refractivity contribution in [1.29, 1.82) is 0 Å². The van der Waals surface area contributed by atoms with Crippen LogP contribution >= 0.6 is 0 Å². The smallest absolute Gasteiger partial charge is 0.407 e. The van der Waals surface area contributed by atoms with Gasteiger partial charge in [0, 0.05) is 30.8 Å². The standard InChI is InChI=1S/C28H34N2O5/c1-2-19(13-14-26(31)29-20-12-11-18(15-20)16-27(32)33)30-28(34)35-17-25-23-9-5-3-7-21(23)22-8-4-6-10-24(22)25/h3-10,18-20,25H,2,11-17H2,1H3,(H,29,31)(H,30,34)(H,32,33). The summed E-state index contributed by atoms with van der Waals surface area (Å²) in [6, 6.07) is 16.3. The van der Waals surface area contributed by atoms with E-state index in [1.807, 2.05) is 31.2 Å². The molecule has 7 nitrogen and oxygen atoms in total. The highest BCUT2D eigenvalue weighted by Gasteiger charge is 2.30. The average Bonchev–Trinajstić information content (AvgIpc) is 3.41. The lowest BCUT2D eigenvalue weighted by atomic mass is 9.98. The van der Waals surface area contributed by atoms with Gasteiger partial charge in [0.25, 0.3) is 0 Å². The van der Waals surface area contributed by atoms with Crippen molar-refractivity contribution in [2.75, 3.05) is 6.61 Å². The van der Waals surface area contributed by atoms with E-state index in [9.17, 15) is 14.4 Å². The van der Waals surface area contributed by atoms with Crippen LogP contribution in [0, 0.1) is 5.92 Å². The first kappa shape index (κ1) is 24.8. The third-order valence-corrected chi connectivity index (χ3v) is 7.25. The van der Waals surface area contributed by atoms with Crippen LogP contribution in [0.15, 0.2) is 48.5 Å². The molecular weight excluding hydrogens is 444 g/mol. The molecule has 1 saturated carbocycles. The van der Waals surface area contributed by atoms with Crippen molar-refractivity contribution < 1.29 is 24.2 Å². The highest BCUT2D eigenvalue weighted by Crippen LogP contribution is 2.44. The summed E-state index contributed by atoms with van der Waals surface area (Å²) < 4.78 is 5.63. The van der Waals surface area contributed by atoms with Crippen molar-refractivity contribution in [2.24, 2.45) is 5.92 Å². The molecule has 0 spiro atoms. The molecule has 0 aromatic heterocycles. The predicted octanol–water partition coefficient (Wildman–Crippen LogP) is 4.84. The van der Waals surface area contributed by atoms with E-state index in [0.29, 0.717) is 25.7 Å². The lowest BCUT2D eigenvalue weighted by molar-refractivity contribution is -0.138. The van der Waals surface area contributed by atoms with Crippen molar-refractivity contribution in [3.05, 3.63) is 59.7 Å². The summed E-state index contributed by atoms with van der Waals surface area (Å²) in [5, 5.41) is 14.9. The number of carboxylic acid groups (broad SMARTS) is 1. The van der Waals surface area contributed by atoms with Gasteiger partial charge in [-0.15, -0.1) is 0 Å². The summed E-state index contributed by atoms with van der Waals surface area (Å²) >= 11 is 0. The van der Waals surface area contributed by atoms with Crippen LogP contribution in [-0.4, -0.2) is 41.8 Å². The van der Waals surface area contributed by atoms with Crippen LogP contribution < -0.4 is 10.6 Å². The molecule has 3 atom stereocenters. The first-order valence-electron chi connectivity index (χ1n) is 12.6. The number of hydrogen-bond donors (Lipinski definition) is 3. The maximum Gasteiger partial charge on any atom is 0.407 e. The number of rotatable bonds is 10. The van der Waals surface area contributed by atoms with Gasteiger partial charge in [-0.3, -0.25) is 9.59 Å². The van der Waals surface area contributed by atoms with Gasteiger partial charge in [-0.2, -0.15) is 0 Å². The molecule has 2 aromatic carbocycles. The number of ether oxygens (including phenoxy) is 1. The Morgan fingerprint density at radius 2 is 1.69 bits per heavy atom. The van der Waals surface area contributed by atoms with E-state index in [2.05, 4.69) is 34.9 Å². The molecule has 7 heteroatoms. The van der Waals surface area contributed by atoms with Gasteiger partial charge in [-0.1, -0.05) is 55.5 Å². The molecule has 2 aliphatic rings. The minimum atomic E-state index is -0.785. The van der Waals surface area contributed by atoms with Crippen LogP contribution in [0.25, 0.3) is 11.1 Å². The van der Waals surface area contributed by atoms with E-state index in [1.54, 1.807) is 0 Å². The number of hydrogen-bond acceptors (Lipinski definition) is 4. The summed E-state index contributed by atoms with van der Waals surface area (Å²) in [6.45, 7) is 2.23. The van der Waals surface area contributed by atoms with Gasteiger partial charge in [0.15, 0.2) is 0 Å². The van der Waals surface area contributed by atoms with Crippen LogP contribution in [0.4, 0.5) is 4.79 Å². The summed E-state index contributed by atoms with van der Waals surface area (Å²) in [4.78, 5) is 35.8. The number of aliphatic carboxylic acids is 1. The van der Waals surface area contributed by atoms with Crippen molar-refractivity contribution in [3.63, 3.8) is 0 Å². The van der Waals surface area contributed by atoms with Gasteiger partial charge < -0.3 is 20.5 Å². The highest BCUT2D eigenvalue weighted by atomic mass is 16.5. The number of carbonyl (C=O) groups is 3. The second-order valence-electron chi connectivity index (χ2n) is 9.66. The molecule has 3 unspecified atom stereocenters. The molecule has 0 bridgehead atoms. The summed E-state index contributed by atoms with van der Waals surface area (Å²) in [5.74, 6) is -0.697. The zero-order chi connectivity index (χ0) is 24.8. The first-order valence-corrected chi connectivity index (χ1v) is 12.6. The van der Waals surface area contributed by atoms with Crippen LogP contribution in [0.3, 0.4) is 0 Å². The van der Waals surface area contributed by atoms with E-state index in [1.165, 1.54) is 22.3 Å². The van der Waals surface area contributed by atoms with Gasteiger partial charge in [-0.05, 0) is 60.3 Å². The van der Waals surface area contributed by atoms with Gasteiger partial charge in [0.1, 0.15) is 6.61 Å². The molecule has 1 fully saturated rings. The van der Waals surface area contributed by atoms with Crippen LogP contribution in [0.5, 0.6) is 0 Å². The number of benzene rings is 2. The van der Waals surface area contributed by atoms with Crippen molar-refractivity contribution in [2.45, 2.75) is 69.9 Å². The highest BCUT2D eigenvalue weighted by molar-refractivity contribution is 5.79. The molecular formula is C28H34N2O5. The topological polar surface area (TPSA) is 105 Å². The zero-order valence-electron chi connectivity index (χ0n) is 20.2. The third-order valence-electron chi connectivity index (χ3n) is 7.25. The number of carboxylic acids is 1. The van der Waals surface area contributed by atoms with Crippen LogP contribution in [0.2, 0.25) is 0 Å². The lowest BCUT2D eigenvalue weighted by Crippen LogP contribution is -2.38. The summed E-state index contributed by atoms with van der Waals surface area (Å²) in [6.07, 6.45) is 3.59. The van der Waals surface area contributed by atoms with Crippen molar-refractivity contribution in [1.82, 2.24) is 10.6 Å². The molecule has 2 aliphatic carbocycles. The van der Waals surface area contributed by atoms with E-state index in [-0.39, 0.29) is 42.9 Å². The second kappa shape index (κ2) is 11.4. The SMILES string of the molecule is CCC(CCC(=O)NC1CCC(CC(=O)O)C1)NC(=O)OCC1c2ccccc2-c2ccccc21. The minimum absolute atomic E-state index is 0.00960. The molecule has 2 aromatic rings. The molecule has 3 N–H and O–H groups in total. The predicted molar refractivity (Wildman–Crippen MR) is 133 cm³/mol. The number of amides is 2. The molecule has 2 amide bonds. The van der Waals surface area contributed by atoms with Crippen LogP contribution in [0.1, 0.15) is 68.9 Å². The zero-order valence-corrected chi connectivity index (χ0v) is 20.2. The van der Waals surface area contributed by atoms with Gasteiger partial charge in [0.2, 0.25) is 5.91 Å². The fourth-order valence-corrected chi connectivity index (χ4v) is 5.43. The normalized spacial score (nSPS) is 19.5. The average molecular weight is 479 g/mol. The molecule has 186 valence electrons. The van der Waals surface area contributed by atoms with Gasteiger partial charge in [-0.25, -0.2) is 4.79 Å². The molecule has 0 radical (unpaired) electrons. The number of alkyl carbamates (subject to hydrolysis) is 1. The fraction of sp³-hybridized carbons (Fsp3) is 0.464. The summed E-state index contributed by atoms with van der Waals surface area (Å²) in [7, 11) is 0. The van der Waals surface area contributed by atoms with Crippen molar-refractivity contribution >= 4 is 18.0 Å². The third kappa shape index (κ3) is 6.21. The molecule has 0 heterocycles. The monoisotopic (exact) mass is 478 g/mol. The Labute approximate surface area is 206 Å². The lowest BCUT2D eigenvalue weighted by Gasteiger charge is -2.19. The Kier molecular flexibility index (Phi) is 8.06. The Hall–Kier alpha value is -3.35. The van der Waals surface area contributed by atoms with Gasteiger partial charge >= 0.3 is 12.1 Å². The molecule has 0 aliphatic heterocycles. The first-order chi connectivity index (χ1) is 16.9. The Morgan fingerprint density at radius 3 is 2.31 bits per heavy atom. The maximum absolute atomic E-state index is 12.6. The van der Waals surface area contributed by atoms with E-state index >= 15 is 0 Å². The number of carbonyl (C=O) groups excluding carboxylic acids is 2.